The van der Waals surface area contributed by atoms with Crippen LogP contribution in [0.5, 0.6) is 0 Å². The van der Waals surface area contributed by atoms with Crippen LogP contribution in [0, 0.1) is 5.92 Å². The van der Waals surface area contributed by atoms with Crippen LogP contribution in [-0.2, 0) is 4.79 Å². The summed E-state index contributed by atoms with van der Waals surface area (Å²) in [5.74, 6) is 0.227. The fourth-order valence-electron chi connectivity index (χ4n) is 3.29. The normalized spacial score (nSPS) is 21.9. The van der Waals surface area contributed by atoms with E-state index in [9.17, 15) is 4.79 Å². The Kier molecular flexibility index (Phi) is 3.89. The molecular formula is C18H18N6O. The molecule has 2 aromatic heterocycles. The summed E-state index contributed by atoms with van der Waals surface area (Å²) >= 11 is 0. The molecule has 0 aliphatic carbocycles. The van der Waals surface area contributed by atoms with E-state index in [2.05, 4.69) is 25.7 Å². The molecule has 7 nitrogen and oxygen atoms in total. The molecule has 1 aliphatic heterocycles. The first-order valence-electron chi connectivity index (χ1n) is 8.16. The Morgan fingerprint density at radius 3 is 2.80 bits per heavy atom. The minimum absolute atomic E-state index is 0.0683. The van der Waals surface area contributed by atoms with Gasteiger partial charge in [-0.05, 0) is 30.7 Å². The quantitative estimate of drug-likeness (QED) is 0.768. The fraction of sp³-hybridized carbons (Fsp3) is 0.222. The smallest absolute Gasteiger partial charge is 0.232 e. The van der Waals surface area contributed by atoms with Crippen LogP contribution in [0.4, 0.5) is 11.6 Å². The first-order valence-corrected chi connectivity index (χ1v) is 8.16. The number of hydrogen-bond acceptors (Lipinski definition) is 5. The lowest BCUT2D eigenvalue weighted by molar-refractivity contribution is -0.121. The maximum absolute atomic E-state index is 13.1. The minimum Gasteiger partial charge on any atom is -0.351 e. The molecule has 3 heterocycles. The number of nitrogens with zero attached hydrogens (tertiary/aromatic N) is 4. The first kappa shape index (κ1) is 15.3. The maximum atomic E-state index is 13.1. The summed E-state index contributed by atoms with van der Waals surface area (Å²) in [7, 11) is 0. The van der Waals surface area contributed by atoms with Gasteiger partial charge in [0.25, 0.3) is 0 Å². The van der Waals surface area contributed by atoms with Gasteiger partial charge in [0.05, 0.1) is 12.0 Å². The van der Waals surface area contributed by atoms with Gasteiger partial charge >= 0.3 is 0 Å². The van der Waals surface area contributed by atoms with Crippen LogP contribution in [0.2, 0.25) is 0 Å². The van der Waals surface area contributed by atoms with Crippen LogP contribution in [0.1, 0.15) is 18.5 Å². The molecule has 4 rings (SSSR count). The Labute approximate surface area is 145 Å². The molecule has 0 bridgehead atoms. The molecule has 0 fully saturated rings. The second-order valence-electron chi connectivity index (χ2n) is 6.07. The van der Waals surface area contributed by atoms with Gasteiger partial charge < -0.3 is 10.6 Å². The summed E-state index contributed by atoms with van der Waals surface area (Å²) in [6.07, 6.45) is 4.99. The van der Waals surface area contributed by atoms with E-state index in [4.69, 9.17) is 0 Å². The number of amides is 1. The van der Waals surface area contributed by atoms with Crippen LogP contribution in [0.15, 0.2) is 61.2 Å². The standard InChI is InChI=1S/C18H18N6O/c1-12-15(17(25)23-14-7-3-2-4-8-14)16(13-6-5-9-19-10-13)24-18(22-12)20-11-21-24/h2-12,15-16H,1H3,(H,23,25)(H,20,21,22)/t12-,15+,16-/m0/s1. The number of benzene rings is 1. The van der Waals surface area contributed by atoms with Crippen LogP contribution < -0.4 is 10.6 Å². The van der Waals surface area contributed by atoms with Crippen molar-refractivity contribution in [3.63, 3.8) is 0 Å². The van der Waals surface area contributed by atoms with E-state index in [1.54, 1.807) is 17.1 Å². The highest BCUT2D eigenvalue weighted by Crippen LogP contribution is 2.36. The third-order valence-electron chi connectivity index (χ3n) is 4.44. The lowest BCUT2D eigenvalue weighted by atomic mass is 9.86. The highest BCUT2D eigenvalue weighted by Gasteiger charge is 2.41. The molecule has 3 atom stereocenters. The summed E-state index contributed by atoms with van der Waals surface area (Å²) in [4.78, 5) is 21.5. The number of hydrogen-bond donors (Lipinski definition) is 2. The average Bonchev–Trinajstić information content (AvgIpc) is 3.10. The third kappa shape index (κ3) is 2.84. The Morgan fingerprint density at radius 1 is 1.20 bits per heavy atom. The van der Waals surface area contributed by atoms with Crippen LogP contribution in [0.25, 0.3) is 0 Å². The number of pyridine rings is 1. The fourth-order valence-corrected chi connectivity index (χ4v) is 3.29. The van der Waals surface area contributed by atoms with Gasteiger partial charge in [-0.15, -0.1) is 0 Å². The molecule has 0 unspecified atom stereocenters. The SMILES string of the molecule is C[C@@H]1Nc2ncnn2[C@@H](c2cccnc2)[C@@H]1C(=O)Nc1ccccc1. The molecule has 1 aliphatic rings. The van der Waals surface area contributed by atoms with Crippen molar-refractivity contribution in [3.05, 3.63) is 66.7 Å². The molecule has 0 radical (unpaired) electrons. The van der Waals surface area contributed by atoms with Gasteiger partial charge in [0.15, 0.2) is 0 Å². The van der Waals surface area contributed by atoms with Crippen molar-refractivity contribution in [2.75, 3.05) is 10.6 Å². The highest BCUT2D eigenvalue weighted by atomic mass is 16.2. The molecule has 1 amide bonds. The van der Waals surface area contributed by atoms with E-state index in [1.807, 2.05) is 49.4 Å². The topological polar surface area (TPSA) is 84.7 Å². The van der Waals surface area contributed by atoms with Gasteiger partial charge in [0, 0.05) is 24.1 Å². The maximum Gasteiger partial charge on any atom is 0.232 e. The third-order valence-corrected chi connectivity index (χ3v) is 4.44. The van der Waals surface area contributed by atoms with Crippen molar-refractivity contribution in [1.82, 2.24) is 19.7 Å². The number of para-hydroxylation sites is 1. The van der Waals surface area contributed by atoms with Gasteiger partial charge in [0.1, 0.15) is 6.33 Å². The molecule has 25 heavy (non-hydrogen) atoms. The van der Waals surface area contributed by atoms with Crippen molar-refractivity contribution in [3.8, 4) is 0 Å². The van der Waals surface area contributed by atoms with E-state index in [0.717, 1.165) is 11.3 Å². The molecule has 0 spiro atoms. The Hall–Kier alpha value is -3.22. The molecule has 1 aromatic carbocycles. The van der Waals surface area contributed by atoms with E-state index < -0.39 is 0 Å². The average molecular weight is 334 g/mol. The number of nitrogens with one attached hydrogen (secondary N) is 2. The lowest BCUT2D eigenvalue weighted by Gasteiger charge is -2.36. The molecule has 0 saturated carbocycles. The van der Waals surface area contributed by atoms with Crippen LogP contribution >= 0.6 is 0 Å². The van der Waals surface area contributed by atoms with Gasteiger partial charge in [-0.25, -0.2) is 4.68 Å². The minimum atomic E-state index is -0.362. The molecule has 3 aromatic rings. The molecule has 0 saturated heterocycles. The first-order chi connectivity index (χ1) is 12.2. The summed E-state index contributed by atoms with van der Waals surface area (Å²) in [6, 6.07) is 12.9. The van der Waals surface area contributed by atoms with Gasteiger partial charge in [0.2, 0.25) is 11.9 Å². The largest absolute Gasteiger partial charge is 0.351 e. The second-order valence-corrected chi connectivity index (χ2v) is 6.07. The zero-order valence-corrected chi connectivity index (χ0v) is 13.7. The lowest BCUT2D eigenvalue weighted by Crippen LogP contribution is -2.46. The Morgan fingerprint density at radius 2 is 2.04 bits per heavy atom. The van der Waals surface area contributed by atoms with Gasteiger partial charge in [-0.1, -0.05) is 24.3 Å². The number of carbonyl (C=O) groups is 1. The van der Waals surface area contributed by atoms with E-state index in [1.165, 1.54) is 6.33 Å². The molecule has 2 N–H and O–H groups in total. The molecular weight excluding hydrogens is 316 g/mol. The number of carbonyl (C=O) groups excluding carboxylic acids is 1. The number of rotatable bonds is 3. The number of anilines is 2. The Balaban J connectivity index is 1.72. The zero-order valence-electron chi connectivity index (χ0n) is 13.7. The Bertz CT molecular complexity index is 864. The van der Waals surface area contributed by atoms with Crippen molar-refractivity contribution in [2.45, 2.75) is 19.0 Å². The van der Waals surface area contributed by atoms with Crippen molar-refractivity contribution >= 4 is 17.5 Å². The molecule has 126 valence electrons. The predicted octanol–water partition coefficient (Wildman–Crippen LogP) is 2.33. The van der Waals surface area contributed by atoms with E-state index in [-0.39, 0.29) is 23.9 Å². The van der Waals surface area contributed by atoms with Crippen LogP contribution in [-0.4, -0.2) is 31.7 Å². The van der Waals surface area contributed by atoms with Gasteiger partial charge in [-0.3, -0.25) is 9.78 Å². The summed E-state index contributed by atoms with van der Waals surface area (Å²) in [5.41, 5.74) is 1.70. The summed E-state index contributed by atoms with van der Waals surface area (Å²) in [6.45, 7) is 1.98. The van der Waals surface area contributed by atoms with Gasteiger partial charge in [-0.2, -0.15) is 10.1 Å². The predicted molar refractivity (Wildman–Crippen MR) is 94.0 cm³/mol. The summed E-state index contributed by atoms with van der Waals surface area (Å²) in [5, 5.41) is 10.6. The second kappa shape index (κ2) is 6.35. The zero-order chi connectivity index (χ0) is 17.2. The summed E-state index contributed by atoms with van der Waals surface area (Å²) < 4.78 is 1.76. The van der Waals surface area contributed by atoms with Crippen molar-refractivity contribution in [2.24, 2.45) is 5.92 Å². The van der Waals surface area contributed by atoms with Crippen molar-refractivity contribution < 1.29 is 4.79 Å². The highest BCUT2D eigenvalue weighted by molar-refractivity contribution is 5.94. The number of fused-ring (bicyclic) bond motifs is 1. The van der Waals surface area contributed by atoms with E-state index in [0.29, 0.717) is 5.95 Å². The molecule has 7 heteroatoms. The van der Waals surface area contributed by atoms with Crippen LogP contribution in [0.3, 0.4) is 0 Å². The van der Waals surface area contributed by atoms with E-state index >= 15 is 0 Å². The van der Waals surface area contributed by atoms with Crippen molar-refractivity contribution in [1.29, 1.82) is 0 Å². The number of aromatic nitrogens is 4. The monoisotopic (exact) mass is 334 g/mol.